The number of aromatic nitrogens is 2. The van der Waals surface area contributed by atoms with Gasteiger partial charge in [-0.05, 0) is 44.3 Å². The largest absolute Gasteiger partial charge is 0.310 e. The van der Waals surface area contributed by atoms with Gasteiger partial charge in [0, 0.05) is 6.54 Å². The van der Waals surface area contributed by atoms with Crippen LogP contribution in [0.2, 0.25) is 5.02 Å². The van der Waals surface area contributed by atoms with Crippen LogP contribution in [0.5, 0.6) is 0 Å². The number of halogens is 1. The Morgan fingerprint density at radius 3 is 2.65 bits per heavy atom. The number of nitrogens with zero attached hydrogens (tertiary/aromatic N) is 2. The third-order valence-corrected chi connectivity index (χ3v) is 5.70. The minimum absolute atomic E-state index is 0.0430. The van der Waals surface area contributed by atoms with Crippen LogP contribution in [0.1, 0.15) is 17.3 Å². The SMILES string of the molecule is CCn1c(NC(=O)c2cc(S(=O)(=O)NC)ccc2Cl)nc2ccccc21. The number of fused-ring (bicyclic) bond motifs is 1. The van der Waals surface area contributed by atoms with Crippen LogP contribution in [0.4, 0.5) is 5.95 Å². The van der Waals surface area contributed by atoms with Crippen molar-refractivity contribution in [3.63, 3.8) is 0 Å². The molecule has 0 atom stereocenters. The van der Waals surface area contributed by atoms with Crippen molar-refractivity contribution in [2.45, 2.75) is 18.4 Å². The second-order valence-corrected chi connectivity index (χ2v) is 7.77. The van der Waals surface area contributed by atoms with E-state index in [1.807, 2.05) is 35.8 Å². The molecule has 0 aliphatic rings. The summed E-state index contributed by atoms with van der Waals surface area (Å²) in [5, 5.41) is 2.87. The van der Waals surface area contributed by atoms with Gasteiger partial charge in [0.2, 0.25) is 16.0 Å². The van der Waals surface area contributed by atoms with Crippen molar-refractivity contribution in [3.8, 4) is 0 Å². The highest BCUT2D eigenvalue weighted by molar-refractivity contribution is 7.89. The topological polar surface area (TPSA) is 93.1 Å². The lowest BCUT2D eigenvalue weighted by molar-refractivity contribution is 0.102. The normalized spacial score (nSPS) is 11.7. The summed E-state index contributed by atoms with van der Waals surface area (Å²) in [6, 6.07) is 11.5. The molecule has 7 nitrogen and oxygen atoms in total. The van der Waals surface area contributed by atoms with Gasteiger partial charge in [-0.3, -0.25) is 10.1 Å². The van der Waals surface area contributed by atoms with Crippen LogP contribution in [0.25, 0.3) is 11.0 Å². The molecule has 9 heteroatoms. The van der Waals surface area contributed by atoms with E-state index in [-0.39, 0.29) is 15.5 Å². The molecule has 1 aromatic heterocycles. The van der Waals surface area contributed by atoms with Gasteiger partial charge in [0.25, 0.3) is 5.91 Å². The van der Waals surface area contributed by atoms with Crippen molar-refractivity contribution in [2.24, 2.45) is 0 Å². The molecular formula is C17H17ClN4O3S. The molecule has 2 N–H and O–H groups in total. The number of imidazole rings is 1. The molecule has 3 aromatic rings. The lowest BCUT2D eigenvalue weighted by Gasteiger charge is -2.10. The van der Waals surface area contributed by atoms with E-state index in [4.69, 9.17) is 11.6 Å². The van der Waals surface area contributed by atoms with Crippen molar-refractivity contribution in [1.82, 2.24) is 14.3 Å². The highest BCUT2D eigenvalue weighted by Crippen LogP contribution is 2.23. The molecule has 2 aromatic carbocycles. The fraction of sp³-hybridized carbons (Fsp3) is 0.176. The van der Waals surface area contributed by atoms with Crippen LogP contribution >= 0.6 is 11.6 Å². The molecule has 0 saturated heterocycles. The van der Waals surface area contributed by atoms with Gasteiger partial charge in [0.15, 0.2) is 0 Å². The molecular weight excluding hydrogens is 376 g/mol. The summed E-state index contributed by atoms with van der Waals surface area (Å²) in [4.78, 5) is 17.1. The fourth-order valence-corrected chi connectivity index (χ4v) is 3.58. The average molecular weight is 393 g/mol. The number of carbonyl (C=O) groups excluding carboxylic acids is 1. The molecule has 0 bridgehead atoms. The summed E-state index contributed by atoms with van der Waals surface area (Å²) in [5.41, 5.74) is 1.70. The maximum atomic E-state index is 12.7. The Morgan fingerprint density at radius 2 is 1.96 bits per heavy atom. The van der Waals surface area contributed by atoms with Crippen LogP contribution in [0, 0.1) is 0 Å². The molecule has 26 heavy (non-hydrogen) atoms. The van der Waals surface area contributed by atoms with E-state index >= 15 is 0 Å². The third-order valence-electron chi connectivity index (χ3n) is 3.96. The zero-order valence-corrected chi connectivity index (χ0v) is 15.7. The number of benzene rings is 2. The first-order valence-electron chi connectivity index (χ1n) is 7.87. The van der Waals surface area contributed by atoms with E-state index in [1.165, 1.54) is 25.2 Å². The Kier molecular flexibility index (Phi) is 4.99. The number of anilines is 1. The molecule has 0 saturated carbocycles. The van der Waals surface area contributed by atoms with Crippen LogP contribution in [-0.2, 0) is 16.6 Å². The fourth-order valence-electron chi connectivity index (χ4n) is 2.62. The Labute approximate surface area is 156 Å². The predicted molar refractivity (Wildman–Crippen MR) is 101 cm³/mol. The Bertz CT molecular complexity index is 1090. The summed E-state index contributed by atoms with van der Waals surface area (Å²) in [6.45, 7) is 2.55. The van der Waals surface area contributed by atoms with Gasteiger partial charge in [-0.25, -0.2) is 18.1 Å². The van der Waals surface area contributed by atoms with Crippen molar-refractivity contribution in [3.05, 3.63) is 53.1 Å². The lowest BCUT2D eigenvalue weighted by atomic mass is 10.2. The molecule has 1 heterocycles. The van der Waals surface area contributed by atoms with Crippen molar-refractivity contribution in [1.29, 1.82) is 0 Å². The van der Waals surface area contributed by atoms with Crippen molar-refractivity contribution >= 4 is 44.5 Å². The molecule has 0 radical (unpaired) electrons. The Hall–Kier alpha value is -2.42. The third kappa shape index (κ3) is 3.31. The molecule has 0 aliphatic heterocycles. The number of amides is 1. The number of hydrogen-bond acceptors (Lipinski definition) is 4. The smallest absolute Gasteiger partial charge is 0.259 e. The highest BCUT2D eigenvalue weighted by atomic mass is 35.5. The van der Waals surface area contributed by atoms with E-state index < -0.39 is 15.9 Å². The maximum Gasteiger partial charge on any atom is 0.259 e. The van der Waals surface area contributed by atoms with Gasteiger partial charge >= 0.3 is 0 Å². The first kappa shape index (κ1) is 18.4. The Balaban J connectivity index is 2.00. The number of rotatable bonds is 5. The number of para-hydroxylation sites is 2. The molecule has 0 aliphatic carbocycles. The van der Waals surface area contributed by atoms with Crippen molar-refractivity contribution in [2.75, 3.05) is 12.4 Å². The molecule has 0 unspecified atom stereocenters. The first-order valence-corrected chi connectivity index (χ1v) is 9.73. The monoisotopic (exact) mass is 392 g/mol. The lowest BCUT2D eigenvalue weighted by Crippen LogP contribution is -2.20. The van der Waals surface area contributed by atoms with Gasteiger partial charge in [-0.1, -0.05) is 23.7 Å². The zero-order chi connectivity index (χ0) is 18.9. The van der Waals surface area contributed by atoms with Crippen molar-refractivity contribution < 1.29 is 13.2 Å². The summed E-state index contributed by atoms with van der Waals surface area (Å²) in [6.07, 6.45) is 0. The maximum absolute atomic E-state index is 12.7. The molecule has 0 fully saturated rings. The van der Waals surface area contributed by atoms with E-state index in [9.17, 15) is 13.2 Å². The van der Waals surface area contributed by atoms with E-state index in [0.29, 0.717) is 12.5 Å². The predicted octanol–water partition coefficient (Wildman–Crippen LogP) is 2.87. The summed E-state index contributed by atoms with van der Waals surface area (Å²) in [7, 11) is -2.39. The second kappa shape index (κ2) is 7.06. The molecule has 3 rings (SSSR count). The van der Waals surface area contributed by atoms with Gasteiger partial charge in [-0.15, -0.1) is 0 Å². The second-order valence-electron chi connectivity index (χ2n) is 5.47. The van der Waals surface area contributed by atoms with Crippen LogP contribution < -0.4 is 10.0 Å². The average Bonchev–Trinajstić information content (AvgIpc) is 2.98. The molecule has 0 spiro atoms. The van der Waals surface area contributed by atoms with E-state index in [2.05, 4.69) is 15.0 Å². The number of aryl methyl sites for hydroxylation is 1. The van der Waals surface area contributed by atoms with E-state index in [1.54, 1.807) is 0 Å². The zero-order valence-electron chi connectivity index (χ0n) is 14.2. The van der Waals surface area contributed by atoms with E-state index in [0.717, 1.165) is 11.0 Å². The van der Waals surface area contributed by atoms with Crippen LogP contribution in [-0.4, -0.2) is 30.9 Å². The molecule has 136 valence electrons. The number of carbonyl (C=O) groups is 1. The quantitative estimate of drug-likeness (QED) is 0.698. The number of nitrogens with one attached hydrogen (secondary N) is 2. The van der Waals surface area contributed by atoms with Gasteiger partial charge in [-0.2, -0.15) is 0 Å². The standard InChI is InChI=1S/C17H17ClN4O3S/c1-3-22-15-7-5-4-6-14(15)20-17(22)21-16(23)12-10-11(8-9-13(12)18)26(24,25)19-2/h4-10,19H,3H2,1-2H3,(H,20,21,23). The molecule has 1 amide bonds. The number of hydrogen-bond donors (Lipinski definition) is 2. The van der Waals surface area contributed by atoms with Gasteiger partial charge in [0.05, 0.1) is 26.5 Å². The van der Waals surface area contributed by atoms with Gasteiger partial charge < -0.3 is 4.57 Å². The minimum Gasteiger partial charge on any atom is -0.310 e. The van der Waals surface area contributed by atoms with Crippen LogP contribution in [0.15, 0.2) is 47.4 Å². The summed E-state index contributed by atoms with van der Waals surface area (Å²) >= 11 is 6.10. The highest BCUT2D eigenvalue weighted by Gasteiger charge is 2.19. The van der Waals surface area contributed by atoms with Crippen LogP contribution in [0.3, 0.4) is 0 Å². The van der Waals surface area contributed by atoms with Gasteiger partial charge in [0.1, 0.15) is 0 Å². The Morgan fingerprint density at radius 1 is 1.23 bits per heavy atom. The minimum atomic E-state index is -3.69. The number of sulfonamides is 1. The summed E-state index contributed by atoms with van der Waals surface area (Å²) < 4.78 is 28.0. The first-order chi connectivity index (χ1) is 12.4. The summed E-state index contributed by atoms with van der Waals surface area (Å²) in [5.74, 6) is -0.162.